The Morgan fingerprint density at radius 3 is 2.95 bits per heavy atom. The Morgan fingerprint density at radius 2 is 2.32 bits per heavy atom. The van der Waals surface area contributed by atoms with Gasteiger partial charge < -0.3 is 19.5 Å². The van der Waals surface area contributed by atoms with E-state index in [1.807, 2.05) is 17.8 Å². The van der Waals surface area contributed by atoms with Gasteiger partial charge in [0.05, 0.1) is 12.6 Å². The van der Waals surface area contributed by atoms with Crippen LogP contribution in [0.4, 0.5) is 0 Å². The average Bonchev–Trinajstić information content (AvgIpc) is 2.82. The van der Waals surface area contributed by atoms with Crippen molar-refractivity contribution in [3.8, 4) is 0 Å². The van der Waals surface area contributed by atoms with E-state index < -0.39 is 0 Å². The lowest BCUT2D eigenvalue weighted by atomic mass is 10.1. The molecule has 0 aliphatic carbocycles. The van der Waals surface area contributed by atoms with E-state index >= 15 is 0 Å². The van der Waals surface area contributed by atoms with Crippen molar-refractivity contribution >= 4 is 5.91 Å². The summed E-state index contributed by atoms with van der Waals surface area (Å²) in [5, 5.41) is 3.27. The number of carbonyl (C=O) groups excluding carboxylic acids is 1. The Bertz CT molecular complexity index is 413. The lowest BCUT2D eigenvalue weighted by Gasteiger charge is -2.24. The van der Waals surface area contributed by atoms with Gasteiger partial charge in [0, 0.05) is 26.5 Å². The topological polar surface area (TPSA) is 59.4 Å². The maximum atomic E-state index is 12.0. The molecule has 2 rings (SSSR count). The average molecular weight is 266 g/mol. The second-order valence-corrected chi connectivity index (χ2v) is 4.96. The summed E-state index contributed by atoms with van der Waals surface area (Å²) in [6.45, 7) is 2.62. The van der Waals surface area contributed by atoms with Gasteiger partial charge in [-0.05, 0) is 25.9 Å². The number of aryl methyl sites for hydroxylation is 1. The molecule has 19 heavy (non-hydrogen) atoms. The Morgan fingerprint density at radius 1 is 1.58 bits per heavy atom. The molecule has 106 valence electrons. The van der Waals surface area contributed by atoms with Crippen LogP contribution < -0.4 is 5.32 Å². The summed E-state index contributed by atoms with van der Waals surface area (Å²) in [6.07, 6.45) is 5.79. The molecule has 0 spiro atoms. The van der Waals surface area contributed by atoms with E-state index in [1.165, 1.54) is 0 Å². The quantitative estimate of drug-likeness (QED) is 0.824. The third-order valence-electron chi connectivity index (χ3n) is 3.45. The number of piperidine rings is 1. The lowest BCUT2D eigenvalue weighted by Crippen LogP contribution is -2.36. The van der Waals surface area contributed by atoms with Crippen LogP contribution in [0.1, 0.15) is 18.7 Å². The van der Waals surface area contributed by atoms with E-state index in [0.717, 1.165) is 31.8 Å². The molecular formula is C13H22N4O2. The smallest absolute Gasteiger partial charge is 0.248 e. The molecule has 1 N–H and O–H groups in total. The number of nitrogens with one attached hydrogen (secondary N) is 1. The van der Waals surface area contributed by atoms with Crippen LogP contribution in [0.25, 0.3) is 0 Å². The van der Waals surface area contributed by atoms with Gasteiger partial charge >= 0.3 is 0 Å². The third-order valence-corrected chi connectivity index (χ3v) is 3.45. The third kappa shape index (κ3) is 4.04. The van der Waals surface area contributed by atoms with Crippen LogP contribution in [0.3, 0.4) is 0 Å². The summed E-state index contributed by atoms with van der Waals surface area (Å²) in [5.41, 5.74) is 0. The minimum Gasteiger partial charge on any atom is -0.368 e. The molecule has 1 saturated heterocycles. The number of imidazole rings is 1. The van der Waals surface area contributed by atoms with Crippen molar-refractivity contribution in [1.29, 1.82) is 0 Å². The van der Waals surface area contributed by atoms with Crippen molar-refractivity contribution in [2.24, 2.45) is 7.05 Å². The summed E-state index contributed by atoms with van der Waals surface area (Å²) in [5.74, 6) is 0.874. The number of hydrogen-bond donors (Lipinski definition) is 1. The summed E-state index contributed by atoms with van der Waals surface area (Å²) in [7, 11) is 3.70. The van der Waals surface area contributed by atoms with Crippen molar-refractivity contribution in [3.63, 3.8) is 0 Å². The molecule has 1 aromatic rings. The maximum absolute atomic E-state index is 12.0. The summed E-state index contributed by atoms with van der Waals surface area (Å²) in [4.78, 5) is 17.8. The normalized spacial score (nSPS) is 16.5. The Balaban J connectivity index is 1.74. The summed E-state index contributed by atoms with van der Waals surface area (Å²) >= 11 is 0. The molecule has 6 heteroatoms. The number of nitrogens with zero attached hydrogens (tertiary/aromatic N) is 3. The fourth-order valence-electron chi connectivity index (χ4n) is 2.11. The van der Waals surface area contributed by atoms with Gasteiger partial charge in [0.15, 0.2) is 0 Å². The van der Waals surface area contributed by atoms with Crippen LogP contribution in [-0.4, -0.2) is 53.2 Å². The van der Waals surface area contributed by atoms with Gasteiger partial charge in [-0.2, -0.15) is 0 Å². The molecule has 1 aliphatic rings. The van der Waals surface area contributed by atoms with Crippen molar-refractivity contribution in [3.05, 3.63) is 18.2 Å². The highest BCUT2D eigenvalue weighted by Gasteiger charge is 2.17. The highest BCUT2D eigenvalue weighted by Crippen LogP contribution is 2.07. The molecule has 0 saturated carbocycles. The molecule has 1 aliphatic heterocycles. The zero-order valence-corrected chi connectivity index (χ0v) is 11.6. The van der Waals surface area contributed by atoms with E-state index in [0.29, 0.717) is 6.54 Å². The van der Waals surface area contributed by atoms with E-state index in [4.69, 9.17) is 4.74 Å². The van der Waals surface area contributed by atoms with Crippen LogP contribution in [0.5, 0.6) is 0 Å². The van der Waals surface area contributed by atoms with Gasteiger partial charge in [-0.15, -0.1) is 0 Å². The Labute approximate surface area is 113 Å². The first-order valence-corrected chi connectivity index (χ1v) is 6.69. The first kappa shape index (κ1) is 14.0. The molecule has 6 nitrogen and oxygen atoms in total. The number of aromatic nitrogens is 2. The Hall–Kier alpha value is -1.40. The number of carbonyl (C=O) groups is 1. The van der Waals surface area contributed by atoms with Gasteiger partial charge in [0.2, 0.25) is 5.91 Å². The minimum absolute atomic E-state index is 0.00142. The number of ether oxygens (including phenoxy) is 1. The fraction of sp³-hybridized carbons (Fsp3) is 0.692. The number of amides is 1. The minimum atomic E-state index is 0.00142. The number of likely N-dealkylation sites (N-methyl/N-ethyl adjacent to an activating group) is 1. The second-order valence-electron chi connectivity index (χ2n) is 4.96. The monoisotopic (exact) mass is 266 g/mol. The van der Waals surface area contributed by atoms with Gasteiger partial charge in [-0.1, -0.05) is 0 Å². The molecule has 0 aromatic carbocycles. The Kier molecular flexibility index (Phi) is 4.93. The van der Waals surface area contributed by atoms with Crippen LogP contribution in [-0.2, 0) is 23.1 Å². The zero-order chi connectivity index (χ0) is 13.7. The maximum Gasteiger partial charge on any atom is 0.248 e. The van der Waals surface area contributed by atoms with Gasteiger partial charge in [0.1, 0.15) is 12.4 Å². The van der Waals surface area contributed by atoms with E-state index in [9.17, 15) is 4.79 Å². The van der Waals surface area contributed by atoms with Crippen molar-refractivity contribution in [2.75, 3.05) is 26.7 Å². The van der Waals surface area contributed by atoms with Crippen LogP contribution in [0, 0.1) is 0 Å². The molecule has 2 heterocycles. The van der Waals surface area contributed by atoms with E-state index in [1.54, 1.807) is 18.1 Å². The summed E-state index contributed by atoms with van der Waals surface area (Å²) in [6, 6.07) is 0. The second kappa shape index (κ2) is 6.68. The molecule has 0 radical (unpaired) electrons. The van der Waals surface area contributed by atoms with Crippen molar-refractivity contribution in [2.45, 2.75) is 25.5 Å². The van der Waals surface area contributed by atoms with Crippen LogP contribution >= 0.6 is 0 Å². The molecular weight excluding hydrogens is 244 g/mol. The molecule has 0 atom stereocenters. The van der Waals surface area contributed by atoms with Crippen molar-refractivity contribution in [1.82, 2.24) is 19.8 Å². The number of rotatable bonds is 5. The van der Waals surface area contributed by atoms with E-state index in [2.05, 4.69) is 10.3 Å². The molecule has 0 unspecified atom stereocenters. The first-order valence-electron chi connectivity index (χ1n) is 6.69. The highest BCUT2D eigenvalue weighted by atomic mass is 16.5. The van der Waals surface area contributed by atoms with Gasteiger partial charge in [-0.25, -0.2) is 4.98 Å². The fourth-order valence-corrected chi connectivity index (χ4v) is 2.11. The SMILES string of the molecule is CN(Cc1nccn1C)C(=O)COC1CCNCC1. The first-order chi connectivity index (χ1) is 9.16. The molecule has 1 aromatic heterocycles. The predicted molar refractivity (Wildman–Crippen MR) is 71.5 cm³/mol. The molecule has 0 bridgehead atoms. The molecule has 1 amide bonds. The number of hydrogen-bond acceptors (Lipinski definition) is 4. The largest absolute Gasteiger partial charge is 0.368 e. The van der Waals surface area contributed by atoms with Crippen LogP contribution in [0.2, 0.25) is 0 Å². The molecule has 1 fully saturated rings. The zero-order valence-electron chi connectivity index (χ0n) is 11.6. The lowest BCUT2D eigenvalue weighted by molar-refractivity contribution is -0.138. The highest BCUT2D eigenvalue weighted by molar-refractivity contribution is 5.77. The van der Waals surface area contributed by atoms with Gasteiger partial charge in [0.25, 0.3) is 0 Å². The summed E-state index contributed by atoms with van der Waals surface area (Å²) < 4.78 is 7.57. The van der Waals surface area contributed by atoms with E-state index in [-0.39, 0.29) is 18.6 Å². The van der Waals surface area contributed by atoms with Crippen LogP contribution in [0.15, 0.2) is 12.4 Å². The van der Waals surface area contributed by atoms with Gasteiger partial charge in [-0.3, -0.25) is 4.79 Å². The predicted octanol–water partition coefficient (Wildman–Crippen LogP) is 0.147. The standard InChI is InChI=1S/C13H22N4O2/c1-16-8-7-15-12(16)9-17(2)13(18)10-19-11-3-5-14-6-4-11/h7-8,11,14H,3-6,9-10H2,1-2H3. The van der Waals surface area contributed by atoms with Crippen molar-refractivity contribution < 1.29 is 9.53 Å².